The summed E-state index contributed by atoms with van der Waals surface area (Å²) < 4.78 is 39.4. The third-order valence-corrected chi connectivity index (χ3v) is 2.23. The summed E-state index contributed by atoms with van der Waals surface area (Å²) >= 11 is 0. The van der Waals surface area contributed by atoms with Crippen molar-refractivity contribution in [3.8, 4) is 5.75 Å². The van der Waals surface area contributed by atoms with Crippen LogP contribution in [0, 0.1) is 0 Å². The molecule has 0 spiro atoms. The molecular formula is C12H15F3O. The molecule has 0 unspecified atom stereocenters. The quantitative estimate of drug-likeness (QED) is 0.687. The Kier molecular flexibility index (Phi) is 4.65. The number of aryl methyl sites for hydroxylation is 1. The molecule has 0 fully saturated rings. The molecule has 16 heavy (non-hydrogen) atoms. The number of ether oxygens (including phenoxy) is 1. The molecule has 0 radical (unpaired) electrons. The SMILES string of the molecule is CCCCCc1ccc(OC(F)(F)F)cc1. The number of alkyl halides is 3. The molecule has 0 amide bonds. The van der Waals surface area contributed by atoms with Crippen LogP contribution in [0.3, 0.4) is 0 Å². The fourth-order valence-corrected chi connectivity index (χ4v) is 1.44. The van der Waals surface area contributed by atoms with Crippen LogP contribution < -0.4 is 4.74 Å². The lowest BCUT2D eigenvalue weighted by atomic mass is 10.1. The van der Waals surface area contributed by atoms with Crippen LogP contribution in [0.25, 0.3) is 0 Å². The smallest absolute Gasteiger partial charge is 0.406 e. The third kappa shape index (κ3) is 5.05. The Balaban J connectivity index is 2.48. The monoisotopic (exact) mass is 232 g/mol. The van der Waals surface area contributed by atoms with Crippen LogP contribution in [0.15, 0.2) is 24.3 Å². The number of hydrogen-bond acceptors (Lipinski definition) is 1. The van der Waals surface area contributed by atoms with Gasteiger partial charge in [-0.3, -0.25) is 0 Å². The number of benzene rings is 1. The van der Waals surface area contributed by atoms with E-state index in [1.165, 1.54) is 12.1 Å². The van der Waals surface area contributed by atoms with Crippen molar-refractivity contribution in [1.29, 1.82) is 0 Å². The molecule has 1 aromatic rings. The van der Waals surface area contributed by atoms with Gasteiger partial charge in [-0.25, -0.2) is 0 Å². The van der Waals surface area contributed by atoms with Crippen molar-refractivity contribution in [3.05, 3.63) is 29.8 Å². The van der Waals surface area contributed by atoms with E-state index in [1.54, 1.807) is 12.1 Å². The highest BCUT2D eigenvalue weighted by atomic mass is 19.4. The molecule has 0 aliphatic rings. The highest BCUT2D eigenvalue weighted by molar-refractivity contribution is 5.27. The Morgan fingerprint density at radius 1 is 1.06 bits per heavy atom. The maximum absolute atomic E-state index is 11.9. The fraction of sp³-hybridized carbons (Fsp3) is 0.500. The summed E-state index contributed by atoms with van der Waals surface area (Å²) in [5.74, 6) is -0.160. The zero-order chi connectivity index (χ0) is 12.0. The zero-order valence-electron chi connectivity index (χ0n) is 9.18. The molecule has 1 rings (SSSR count). The molecule has 0 N–H and O–H groups in total. The van der Waals surface area contributed by atoms with Crippen LogP contribution in [0.4, 0.5) is 13.2 Å². The minimum absolute atomic E-state index is 0.160. The van der Waals surface area contributed by atoms with Crippen LogP contribution in [0.1, 0.15) is 31.7 Å². The van der Waals surface area contributed by atoms with E-state index >= 15 is 0 Å². The van der Waals surface area contributed by atoms with E-state index in [1.807, 2.05) is 0 Å². The maximum atomic E-state index is 11.9. The van der Waals surface area contributed by atoms with Gasteiger partial charge in [0.25, 0.3) is 0 Å². The first-order chi connectivity index (χ1) is 7.51. The van der Waals surface area contributed by atoms with Gasteiger partial charge in [-0.2, -0.15) is 0 Å². The first-order valence-corrected chi connectivity index (χ1v) is 5.36. The van der Waals surface area contributed by atoms with E-state index in [4.69, 9.17) is 0 Å². The minimum atomic E-state index is -4.61. The lowest BCUT2D eigenvalue weighted by Gasteiger charge is -2.09. The first-order valence-electron chi connectivity index (χ1n) is 5.36. The summed E-state index contributed by atoms with van der Waals surface area (Å²) in [5, 5.41) is 0. The van der Waals surface area contributed by atoms with Crippen molar-refractivity contribution in [1.82, 2.24) is 0 Å². The lowest BCUT2D eigenvalue weighted by Crippen LogP contribution is -2.17. The summed E-state index contributed by atoms with van der Waals surface area (Å²) in [7, 11) is 0. The Bertz CT molecular complexity index is 303. The number of hydrogen-bond donors (Lipinski definition) is 0. The molecule has 90 valence electrons. The van der Waals surface area contributed by atoms with Crippen molar-refractivity contribution in [2.75, 3.05) is 0 Å². The van der Waals surface area contributed by atoms with Gasteiger partial charge in [0.1, 0.15) is 5.75 Å². The average Bonchev–Trinajstić information content (AvgIpc) is 2.19. The summed E-state index contributed by atoms with van der Waals surface area (Å²) in [6, 6.07) is 6.07. The van der Waals surface area contributed by atoms with Crippen LogP contribution in [-0.2, 0) is 6.42 Å². The fourth-order valence-electron chi connectivity index (χ4n) is 1.44. The summed E-state index contributed by atoms with van der Waals surface area (Å²) in [5.41, 5.74) is 1.04. The molecule has 0 heterocycles. The maximum Gasteiger partial charge on any atom is 0.573 e. The van der Waals surface area contributed by atoms with Gasteiger partial charge < -0.3 is 4.74 Å². The normalized spacial score (nSPS) is 11.5. The highest BCUT2D eigenvalue weighted by Crippen LogP contribution is 2.23. The molecule has 1 aromatic carbocycles. The van der Waals surface area contributed by atoms with Crippen LogP contribution in [0.5, 0.6) is 5.75 Å². The molecule has 1 nitrogen and oxygen atoms in total. The van der Waals surface area contributed by atoms with Gasteiger partial charge in [0.2, 0.25) is 0 Å². The molecule has 0 bridgehead atoms. The van der Waals surface area contributed by atoms with Crippen molar-refractivity contribution in [2.45, 2.75) is 39.0 Å². The van der Waals surface area contributed by atoms with Crippen molar-refractivity contribution >= 4 is 0 Å². The van der Waals surface area contributed by atoms with Crippen molar-refractivity contribution in [3.63, 3.8) is 0 Å². The Morgan fingerprint density at radius 2 is 1.69 bits per heavy atom. The van der Waals surface area contributed by atoms with Crippen LogP contribution >= 0.6 is 0 Å². The minimum Gasteiger partial charge on any atom is -0.406 e. The zero-order valence-corrected chi connectivity index (χ0v) is 9.18. The first kappa shape index (κ1) is 12.9. The Hall–Kier alpha value is -1.19. The van der Waals surface area contributed by atoms with E-state index in [0.717, 1.165) is 31.2 Å². The second-order valence-electron chi connectivity index (χ2n) is 3.65. The average molecular weight is 232 g/mol. The Labute approximate surface area is 93.2 Å². The lowest BCUT2D eigenvalue weighted by molar-refractivity contribution is -0.274. The second kappa shape index (κ2) is 5.77. The summed E-state index contributed by atoms with van der Waals surface area (Å²) in [6.45, 7) is 2.11. The van der Waals surface area contributed by atoms with Crippen molar-refractivity contribution < 1.29 is 17.9 Å². The largest absolute Gasteiger partial charge is 0.573 e. The van der Waals surface area contributed by atoms with Gasteiger partial charge in [-0.05, 0) is 30.5 Å². The van der Waals surface area contributed by atoms with E-state index in [9.17, 15) is 13.2 Å². The van der Waals surface area contributed by atoms with Crippen LogP contribution in [0.2, 0.25) is 0 Å². The predicted molar refractivity (Wildman–Crippen MR) is 56.4 cm³/mol. The van der Waals surface area contributed by atoms with Crippen molar-refractivity contribution in [2.24, 2.45) is 0 Å². The molecule has 4 heteroatoms. The predicted octanol–water partition coefficient (Wildman–Crippen LogP) is 4.32. The van der Waals surface area contributed by atoms with Gasteiger partial charge in [-0.1, -0.05) is 31.9 Å². The van der Waals surface area contributed by atoms with Gasteiger partial charge in [0, 0.05) is 0 Å². The molecule has 0 aliphatic carbocycles. The van der Waals surface area contributed by atoms with Gasteiger partial charge >= 0.3 is 6.36 Å². The molecule has 0 aromatic heterocycles. The summed E-state index contributed by atoms with van der Waals surface area (Å²) in [4.78, 5) is 0. The molecule has 0 atom stereocenters. The standard InChI is InChI=1S/C12H15F3O/c1-2-3-4-5-10-6-8-11(9-7-10)16-12(13,14)15/h6-9H,2-5H2,1H3. The number of unbranched alkanes of at least 4 members (excludes halogenated alkanes) is 2. The molecule has 0 saturated carbocycles. The molecule has 0 saturated heterocycles. The van der Waals surface area contributed by atoms with Crippen LogP contribution in [-0.4, -0.2) is 6.36 Å². The topological polar surface area (TPSA) is 9.23 Å². The van der Waals surface area contributed by atoms with E-state index in [2.05, 4.69) is 11.7 Å². The number of halogens is 3. The van der Waals surface area contributed by atoms with Gasteiger partial charge in [-0.15, -0.1) is 13.2 Å². The third-order valence-electron chi connectivity index (χ3n) is 2.23. The van der Waals surface area contributed by atoms with Gasteiger partial charge in [0.15, 0.2) is 0 Å². The second-order valence-corrected chi connectivity index (χ2v) is 3.65. The Morgan fingerprint density at radius 3 is 2.19 bits per heavy atom. The molecule has 0 aliphatic heterocycles. The van der Waals surface area contributed by atoms with E-state index < -0.39 is 6.36 Å². The summed E-state index contributed by atoms with van der Waals surface area (Å²) in [6.07, 6.45) is -0.365. The highest BCUT2D eigenvalue weighted by Gasteiger charge is 2.30. The number of rotatable bonds is 5. The molecular weight excluding hydrogens is 217 g/mol. The van der Waals surface area contributed by atoms with E-state index in [0.29, 0.717) is 0 Å². The van der Waals surface area contributed by atoms with E-state index in [-0.39, 0.29) is 5.75 Å². The van der Waals surface area contributed by atoms with Gasteiger partial charge in [0.05, 0.1) is 0 Å².